The number of carbonyl (C=O) groups excluding carboxylic acids is 1. The standard InChI is InChI=1S/C17H19ClN2O/c1-3-19-16-11-7-5-9-14(16)17(21)20-12(2)13-8-4-6-10-15(13)18/h4-12,19H,3H2,1-2H3,(H,20,21). The van der Waals surface area contributed by atoms with E-state index in [0.29, 0.717) is 10.6 Å². The predicted octanol–water partition coefficient (Wildman–Crippen LogP) is 4.26. The third-order valence-electron chi connectivity index (χ3n) is 3.26. The van der Waals surface area contributed by atoms with Gasteiger partial charge in [-0.15, -0.1) is 0 Å². The molecule has 0 aliphatic carbocycles. The summed E-state index contributed by atoms with van der Waals surface area (Å²) in [5.74, 6) is -0.112. The van der Waals surface area contributed by atoms with Crippen molar-refractivity contribution in [3.8, 4) is 0 Å². The molecule has 0 aromatic heterocycles. The molecular weight excluding hydrogens is 284 g/mol. The van der Waals surface area contributed by atoms with Crippen LogP contribution >= 0.6 is 11.6 Å². The maximum absolute atomic E-state index is 12.4. The summed E-state index contributed by atoms with van der Waals surface area (Å²) >= 11 is 6.17. The topological polar surface area (TPSA) is 41.1 Å². The number of nitrogens with one attached hydrogen (secondary N) is 2. The molecule has 2 aromatic rings. The Hall–Kier alpha value is -2.00. The first-order chi connectivity index (χ1) is 10.1. The number of hydrogen-bond acceptors (Lipinski definition) is 2. The van der Waals surface area contributed by atoms with E-state index < -0.39 is 0 Å². The minimum Gasteiger partial charge on any atom is -0.385 e. The number of amides is 1. The van der Waals surface area contributed by atoms with Gasteiger partial charge in [0.25, 0.3) is 5.91 Å². The molecule has 0 spiro atoms. The normalized spacial score (nSPS) is 11.8. The Morgan fingerprint density at radius 3 is 2.52 bits per heavy atom. The van der Waals surface area contributed by atoms with Crippen LogP contribution in [0.3, 0.4) is 0 Å². The molecule has 2 rings (SSSR count). The maximum Gasteiger partial charge on any atom is 0.253 e. The number of carbonyl (C=O) groups is 1. The molecule has 0 aliphatic heterocycles. The van der Waals surface area contributed by atoms with Gasteiger partial charge in [0.2, 0.25) is 0 Å². The Kier molecular flexibility index (Phi) is 5.23. The third-order valence-corrected chi connectivity index (χ3v) is 3.60. The summed E-state index contributed by atoms with van der Waals surface area (Å²) in [4.78, 5) is 12.4. The van der Waals surface area contributed by atoms with Crippen molar-refractivity contribution in [2.24, 2.45) is 0 Å². The summed E-state index contributed by atoms with van der Waals surface area (Å²) in [6, 6.07) is 14.9. The summed E-state index contributed by atoms with van der Waals surface area (Å²) in [6.45, 7) is 4.69. The minimum absolute atomic E-state index is 0.112. The molecule has 110 valence electrons. The molecule has 0 saturated carbocycles. The first-order valence-corrected chi connectivity index (χ1v) is 7.39. The molecule has 0 saturated heterocycles. The average Bonchev–Trinajstić information content (AvgIpc) is 2.48. The van der Waals surface area contributed by atoms with Crippen LogP contribution in [0.2, 0.25) is 5.02 Å². The van der Waals surface area contributed by atoms with E-state index in [2.05, 4.69) is 10.6 Å². The first kappa shape index (κ1) is 15.4. The number of benzene rings is 2. The van der Waals surface area contributed by atoms with Gasteiger partial charge in [-0.2, -0.15) is 0 Å². The van der Waals surface area contributed by atoms with Gasteiger partial charge in [0.1, 0.15) is 0 Å². The van der Waals surface area contributed by atoms with Crippen molar-refractivity contribution in [2.45, 2.75) is 19.9 Å². The van der Waals surface area contributed by atoms with Crippen LogP contribution in [0.4, 0.5) is 5.69 Å². The highest BCUT2D eigenvalue weighted by Crippen LogP contribution is 2.23. The minimum atomic E-state index is -0.152. The lowest BCUT2D eigenvalue weighted by Crippen LogP contribution is -2.27. The largest absolute Gasteiger partial charge is 0.385 e. The molecule has 2 N–H and O–H groups in total. The molecule has 0 bridgehead atoms. The van der Waals surface area contributed by atoms with E-state index in [1.807, 2.05) is 62.4 Å². The first-order valence-electron chi connectivity index (χ1n) is 7.01. The van der Waals surface area contributed by atoms with E-state index in [0.717, 1.165) is 17.8 Å². The monoisotopic (exact) mass is 302 g/mol. The number of anilines is 1. The Morgan fingerprint density at radius 2 is 1.81 bits per heavy atom. The van der Waals surface area contributed by atoms with Crippen LogP contribution in [0.1, 0.15) is 35.8 Å². The predicted molar refractivity (Wildman–Crippen MR) is 87.9 cm³/mol. The number of halogens is 1. The molecule has 2 aromatic carbocycles. The Labute approximate surface area is 130 Å². The average molecular weight is 303 g/mol. The fourth-order valence-electron chi connectivity index (χ4n) is 2.20. The van der Waals surface area contributed by atoms with Crippen molar-refractivity contribution in [3.05, 3.63) is 64.7 Å². The lowest BCUT2D eigenvalue weighted by atomic mass is 10.1. The van der Waals surface area contributed by atoms with Crippen LogP contribution in [-0.4, -0.2) is 12.5 Å². The lowest BCUT2D eigenvalue weighted by molar-refractivity contribution is 0.0940. The molecule has 0 aliphatic rings. The van der Waals surface area contributed by atoms with Crippen LogP contribution in [0, 0.1) is 0 Å². The molecule has 3 nitrogen and oxygen atoms in total. The van der Waals surface area contributed by atoms with Gasteiger partial charge < -0.3 is 10.6 Å². The van der Waals surface area contributed by atoms with Crippen LogP contribution in [0.15, 0.2) is 48.5 Å². The van der Waals surface area contributed by atoms with Gasteiger partial charge in [0, 0.05) is 17.3 Å². The highest BCUT2D eigenvalue weighted by Gasteiger charge is 2.15. The molecule has 0 radical (unpaired) electrons. The van der Waals surface area contributed by atoms with Crippen LogP contribution in [0.5, 0.6) is 0 Å². The molecule has 4 heteroatoms. The van der Waals surface area contributed by atoms with E-state index in [9.17, 15) is 4.79 Å². The molecule has 0 heterocycles. The summed E-state index contributed by atoms with van der Waals surface area (Å²) in [6.07, 6.45) is 0. The molecule has 21 heavy (non-hydrogen) atoms. The fourth-order valence-corrected chi connectivity index (χ4v) is 2.50. The molecule has 0 fully saturated rings. The van der Waals surface area contributed by atoms with Gasteiger partial charge in [0.15, 0.2) is 0 Å². The summed E-state index contributed by atoms with van der Waals surface area (Å²) < 4.78 is 0. The fraction of sp³-hybridized carbons (Fsp3) is 0.235. The van der Waals surface area contributed by atoms with Crippen molar-refractivity contribution < 1.29 is 4.79 Å². The van der Waals surface area contributed by atoms with Gasteiger partial charge in [-0.3, -0.25) is 4.79 Å². The summed E-state index contributed by atoms with van der Waals surface area (Å²) in [5.41, 5.74) is 2.38. The van der Waals surface area contributed by atoms with Crippen LogP contribution < -0.4 is 10.6 Å². The van der Waals surface area contributed by atoms with Crippen molar-refractivity contribution in [3.63, 3.8) is 0 Å². The number of para-hydroxylation sites is 1. The second-order valence-electron chi connectivity index (χ2n) is 4.79. The van der Waals surface area contributed by atoms with Crippen LogP contribution in [-0.2, 0) is 0 Å². The zero-order chi connectivity index (χ0) is 15.2. The van der Waals surface area contributed by atoms with Gasteiger partial charge in [-0.05, 0) is 37.6 Å². The second kappa shape index (κ2) is 7.14. The maximum atomic E-state index is 12.4. The smallest absolute Gasteiger partial charge is 0.253 e. The van der Waals surface area contributed by atoms with E-state index in [4.69, 9.17) is 11.6 Å². The van der Waals surface area contributed by atoms with E-state index in [1.54, 1.807) is 0 Å². The quantitative estimate of drug-likeness (QED) is 0.866. The van der Waals surface area contributed by atoms with E-state index in [1.165, 1.54) is 0 Å². The van der Waals surface area contributed by atoms with Crippen LogP contribution in [0.25, 0.3) is 0 Å². The van der Waals surface area contributed by atoms with E-state index in [-0.39, 0.29) is 11.9 Å². The Bertz CT molecular complexity index is 628. The molecule has 1 amide bonds. The summed E-state index contributed by atoms with van der Waals surface area (Å²) in [7, 11) is 0. The molecule has 1 atom stereocenters. The molecular formula is C17H19ClN2O. The van der Waals surface area contributed by atoms with Gasteiger partial charge in [0.05, 0.1) is 11.6 Å². The SMILES string of the molecule is CCNc1ccccc1C(=O)NC(C)c1ccccc1Cl. The summed E-state index contributed by atoms with van der Waals surface area (Å²) in [5, 5.41) is 6.84. The van der Waals surface area contributed by atoms with Crippen molar-refractivity contribution >= 4 is 23.2 Å². The lowest BCUT2D eigenvalue weighted by Gasteiger charge is -2.17. The highest BCUT2D eigenvalue weighted by atomic mass is 35.5. The second-order valence-corrected chi connectivity index (χ2v) is 5.20. The number of rotatable bonds is 5. The Balaban J connectivity index is 2.17. The van der Waals surface area contributed by atoms with Crippen molar-refractivity contribution in [1.82, 2.24) is 5.32 Å². The zero-order valence-electron chi connectivity index (χ0n) is 12.2. The van der Waals surface area contributed by atoms with Crippen molar-refractivity contribution in [2.75, 3.05) is 11.9 Å². The highest BCUT2D eigenvalue weighted by molar-refractivity contribution is 6.31. The third kappa shape index (κ3) is 3.76. The zero-order valence-corrected chi connectivity index (χ0v) is 12.9. The van der Waals surface area contributed by atoms with Gasteiger partial charge >= 0.3 is 0 Å². The molecule has 1 unspecified atom stereocenters. The Morgan fingerprint density at radius 1 is 1.14 bits per heavy atom. The van der Waals surface area contributed by atoms with Gasteiger partial charge in [-0.25, -0.2) is 0 Å². The van der Waals surface area contributed by atoms with Gasteiger partial charge in [-0.1, -0.05) is 41.9 Å². The van der Waals surface area contributed by atoms with E-state index >= 15 is 0 Å². The number of hydrogen-bond donors (Lipinski definition) is 2. The van der Waals surface area contributed by atoms with Crippen molar-refractivity contribution in [1.29, 1.82) is 0 Å².